The Morgan fingerprint density at radius 3 is 3.00 bits per heavy atom. The van der Waals surface area contributed by atoms with Gasteiger partial charge < -0.3 is 10.6 Å². The van der Waals surface area contributed by atoms with Crippen LogP contribution >= 0.6 is 0 Å². The Morgan fingerprint density at radius 1 is 1.35 bits per heavy atom. The molecule has 0 atom stereocenters. The fourth-order valence-corrected chi connectivity index (χ4v) is 3.01. The lowest BCUT2D eigenvalue weighted by atomic mass is 9.70. The van der Waals surface area contributed by atoms with Crippen molar-refractivity contribution < 1.29 is 0 Å². The molecule has 1 aromatic rings. The predicted octanol–water partition coefficient (Wildman–Crippen LogP) is 2.93. The van der Waals surface area contributed by atoms with Crippen LogP contribution in [0.5, 0.6) is 0 Å². The molecule has 2 N–H and O–H groups in total. The summed E-state index contributed by atoms with van der Waals surface area (Å²) in [6.45, 7) is 5.67. The number of hydrogen-bond donors (Lipinski definition) is 2. The number of anilines is 1. The molecule has 0 bridgehead atoms. The van der Waals surface area contributed by atoms with Crippen LogP contribution in [0.1, 0.15) is 37.3 Å². The minimum absolute atomic E-state index is 0.575. The molecule has 17 heavy (non-hydrogen) atoms. The van der Waals surface area contributed by atoms with Crippen LogP contribution in [-0.2, 0) is 13.0 Å². The molecule has 0 unspecified atom stereocenters. The van der Waals surface area contributed by atoms with Gasteiger partial charge in [0.05, 0.1) is 0 Å². The van der Waals surface area contributed by atoms with Gasteiger partial charge in [-0.05, 0) is 35.8 Å². The van der Waals surface area contributed by atoms with E-state index < -0.39 is 0 Å². The van der Waals surface area contributed by atoms with Gasteiger partial charge in [0.1, 0.15) is 0 Å². The second kappa shape index (κ2) is 4.34. The summed E-state index contributed by atoms with van der Waals surface area (Å²) in [6.07, 6.45) is 5.39. The van der Waals surface area contributed by atoms with Crippen molar-refractivity contribution in [3.05, 3.63) is 29.3 Å². The maximum absolute atomic E-state index is 3.63. The highest BCUT2D eigenvalue weighted by molar-refractivity contribution is 5.61. The van der Waals surface area contributed by atoms with Gasteiger partial charge in [-0.25, -0.2) is 0 Å². The molecule has 1 fully saturated rings. The van der Waals surface area contributed by atoms with Gasteiger partial charge in [0.2, 0.25) is 0 Å². The first-order valence-electron chi connectivity index (χ1n) is 6.82. The smallest absolute Gasteiger partial charge is 0.0419 e. The molecule has 2 aliphatic rings. The average Bonchev–Trinajstić information content (AvgIpc) is 2.75. The molecule has 3 rings (SSSR count). The Bertz CT molecular complexity index is 407. The summed E-state index contributed by atoms with van der Waals surface area (Å²) < 4.78 is 0. The van der Waals surface area contributed by atoms with E-state index in [1.54, 1.807) is 0 Å². The van der Waals surface area contributed by atoms with Gasteiger partial charge >= 0.3 is 0 Å². The molecule has 0 spiro atoms. The molecular formula is C15H22N2. The van der Waals surface area contributed by atoms with E-state index in [1.807, 2.05) is 0 Å². The first kappa shape index (κ1) is 11.1. The molecule has 1 saturated carbocycles. The third kappa shape index (κ3) is 2.19. The molecule has 92 valence electrons. The lowest BCUT2D eigenvalue weighted by molar-refractivity contribution is 0.156. The third-order valence-corrected chi connectivity index (χ3v) is 4.36. The van der Waals surface area contributed by atoms with Crippen molar-refractivity contribution in [3.63, 3.8) is 0 Å². The zero-order chi connectivity index (χ0) is 11.7. The predicted molar refractivity (Wildman–Crippen MR) is 72.3 cm³/mol. The van der Waals surface area contributed by atoms with E-state index in [0.29, 0.717) is 5.41 Å². The summed E-state index contributed by atoms with van der Waals surface area (Å²) >= 11 is 0. The van der Waals surface area contributed by atoms with Crippen LogP contribution in [0.15, 0.2) is 18.2 Å². The number of rotatable bonds is 4. The van der Waals surface area contributed by atoms with Gasteiger partial charge in [-0.2, -0.15) is 0 Å². The van der Waals surface area contributed by atoms with Gasteiger partial charge in [-0.3, -0.25) is 0 Å². The fraction of sp³-hybridized carbons (Fsp3) is 0.600. The normalized spacial score (nSPS) is 20.5. The first-order chi connectivity index (χ1) is 8.27. The van der Waals surface area contributed by atoms with Crippen molar-refractivity contribution in [1.82, 2.24) is 5.32 Å². The monoisotopic (exact) mass is 230 g/mol. The van der Waals surface area contributed by atoms with Gasteiger partial charge in [0, 0.05) is 25.3 Å². The largest absolute Gasteiger partial charge is 0.384 e. The Hall–Kier alpha value is -1.02. The lowest BCUT2D eigenvalue weighted by Crippen LogP contribution is -2.37. The highest BCUT2D eigenvalue weighted by atomic mass is 14.9. The number of benzene rings is 1. The minimum Gasteiger partial charge on any atom is -0.384 e. The molecule has 0 saturated heterocycles. The molecule has 1 aliphatic heterocycles. The number of para-hydroxylation sites is 1. The van der Waals surface area contributed by atoms with Crippen LogP contribution < -0.4 is 10.6 Å². The zero-order valence-electron chi connectivity index (χ0n) is 10.7. The van der Waals surface area contributed by atoms with Crippen molar-refractivity contribution in [2.45, 2.75) is 39.2 Å². The Balaban J connectivity index is 1.60. The molecule has 2 nitrogen and oxygen atoms in total. The van der Waals surface area contributed by atoms with Crippen molar-refractivity contribution in [1.29, 1.82) is 0 Å². The summed E-state index contributed by atoms with van der Waals surface area (Å²) in [6, 6.07) is 6.67. The van der Waals surface area contributed by atoms with E-state index in [9.17, 15) is 0 Å². The Labute approximate surface area is 104 Å². The van der Waals surface area contributed by atoms with E-state index in [4.69, 9.17) is 0 Å². The van der Waals surface area contributed by atoms with Crippen molar-refractivity contribution >= 4 is 5.69 Å². The van der Waals surface area contributed by atoms with E-state index in [2.05, 4.69) is 35.8 Å². The molecule has 1 aliphatic carbocycles. The summed E-state index contributed by atoms with van der Waals surface area (Å²) in [7, 11) is 0. The maximum atomic E-state index is 3.63. The van der Waals surface area contributed by atoms with E-state index in [1.165, 1.54) is 42.5 Å². The van der Waals surface area contributed by atoms with Gasteiger partial charge in [0.25, 0.3) is 0 Å². The molecule has 1 aromatic carbocycles. The third-order valence-electron chi connectivity index (χ3n) is 4.36. The number of nitrogens with one attached hydrogen (secondary N) is 2. The topological polar surface area (TPSA) is 24.1 Å². The second-order valence-corrected chi connectivity index (χ2v) is 5.90. The van der Waals surface area contributed by atoms with E-state index in [-0.39, 0.29) is 0 Å². The molecule has 1 heterocycles. The Morgan fingerprint density at radius 2 is 2.24 bits per heavy atom. The summed E-state index contributed by atoms with van der Waals surface area (Å²) in [5, 5.41) is 7.14. The molecule has 0 radical (unpaired) electrons. The standard InChI is InChI=1S/C15H22N2/c1-15(7-3-8-15)11-16-10-13-5-2-4-12-6-9-17-14(12)13/h2,4-5,16-17H,3,6-11H2,1H3. The van der Waals surface area contributed by atoms with Crippen LogP contribution in [0.4, 0.5) is 5.69 Å². The van der Waals surface area contributed by atoms with E-state index in [0.717, 1.165) is 19.6 Å². The van der Waals surface area contributed by atoms with E-state index >= 15 is 0 Å². The number of fused-ring (bicyclic) bond motifs is 1. The van der Waals surface area contributed by atoms with Crippen molar-refractivity contribution in [3.8, 4) is 0 Å². The SMILES string of the molecule is CC1(CNCc2cccc3c2NCC3)CCC1. The molecule has 0 aromatic heterocycles. The van der Waals surface area contributed by atoms with Gasteiger partial charge in [-0.1, -0.05) is 31.5 Å². The quantitative estimate of drug-likeness (QED) is 0.831. The molecule has 2 heteroatoms. The summed E-state index contributed by atoms with van der Waals surface area (Å²) in [5.74, 6) is 0. The minimum atomic E-state index is 0.575. The second-order valence-electron chi connectivity index (χ2n) is 5.90. The highest BCUT2D eigenvalue weighted by Crippen LogP contribution is 2.39. The summed E-state index contributed by atoms with van der Waals surface area (Å²) in [4.78, 5) is 0. The Kier molecular flexibility index (Phi) is 2.83. The van der Waals surface area contributed by atoms with Crippen LogP contribution in [-0.4, -0.2) is 13.1 Å². The number of hydrogen-bond acceptors (Lipinski definition) is 2. The molecule has 0 amide bonds. The maximum Gasteiger partial charge on any atom is 0.0419 e. The van der Waals surface area contributed by atoms with Gasteiger partial charge in [0.15, 0.2) is 0 Å². The zero-order valence-corrected chi connectivity index (χ0v) is 10.7. The fourth-order valence-electron chi connectivity index (χ4n) is 3.01. The highest BCUT2D eigenvalue weighted by Gasteiger charge is 2.30. The van der Waals surface area contributed by atoms with Gasteiger partial charge in [-0.15, -0.1) is 0 Å². The van der Waals surface area contributed by atoms with Crippen LogP contribution in [0.25, 0.3) is 0 Å². The van der Waals surface area contributed by atoms with Crippen LogP contribution in [0, 0.1) is 5.41 Å². The van der Waals surface area contributed by atoms with Crippen molar-refractivity contribution in [2.75, 3.05) is 18.4 Å². The average molecular weight is 230 g/mol. The first-order valence-corrected chi connectivity index (χ1v) is 6.82. The van der Waals surface area contributed by atoms with Crippen molar-refractivity contribution in [2.24, 2.45) is 5.41 Å². The summed E-state index contributed by atoms with van der Waals surface area (Å²) in [5.41, 5.74) is 4.88. The lowest BCUT2D eigenvalue weighted by Gasteiger charge is -2.38. The van der Waals surface area contributed by atoms with Crippen LogP contribution in [0.3, 0.4) is 0 Å². The van der Waals surface area contributed by atoms with Crippen LogP contribution in [0.2, 0.25) is 0 Å². The molecular weight excluding hydrogens is 208 g/mol.